The van der Waals surface area contributed by atoms with Crippen molar-refractivity contribution < 1.29 is 4.74 Å². The lowest BCUT2D eigenvalue weighted by Gasteiger charge is -2.10. The van der Waals surface area contributed by atoms with Gasteiger partial charge in [-0.1, -0.05) is 6.92 Å². The van der Waals surface area contributed by atoms with E-state index in [0.717, 1.165) is 36.0 Å². The van der Waals surface area contributed by atoms with E-state index in [1.54, 1.807) is 0 Å². The molecular formula is C17H23N3O. The predicted molar refractivity (Wildman–Crippen MR) is 83.6 cm³/mol. The van der Waals surface area contributed by atoms with Crippen LogP contribution in [-0.2, 0) is 0 Å². The molecule has 0 unspecified atom stereocenters. The fraction of sp³-hybridized carbons (Fsp3) is 0.529. The van der Waals surface area contributed by atoms with Crippen LogP contribution < -0.4 is 4.74 Å². The Balaban J connectivity index is 1.88. The number of hydrogen-bond donors (Lipinski definition) is 0. The van der Waals surface area contributed by atoms with Gasteiger partial charge < -0.3 is 4.74 Å². The topological polar surface area (TPSA) is 39.9 Å². The van der Waals surface area contributed by atoms with Crippen molar-refractivity contribution in [2.45, 2.75) is 52.0 Å². The minimum absolute atomic E-state index is 0.316. The molecule has 1 aromatic heterocycles. The lowest BCUT2D eigenvalue weighted by atomic mass is 10.2. The molecule has 0 aliphatic heterocycles. The second kappa shape index (κ2) is 5.88. The summed E-state index contributed by atoms with van der Waals surface area (Å²) in [6, 6.07) is 8.49. The van der Waals surface area contributed by atoms with Gasteiger partial charge in [-0.15, -0.1) is 0 Å². The highest BCUT2D eigenvalue weighted by atomic mass is 16.5. The average Bonchev–Trinajstić information content (AvgIpc) is 3.24. The van der Waals surface area contributed by atoms with Gasteiger partial charge in [0.1, 0.15) is 5.75 Å². The van der Waals surface area contributed by atoms with Crippen LogP contribution in [0.2, 0.25) is 0 Å². The third kappa shape index (κ3) is 3.09. The Morgan fingerprint density at radius 1 is 1.24 bits per heavy atom. The average molecular weight is 285 g/mol. The van der Waals surface area contributed by atoms with E-state index in [9.17, 15) is 0 Å². The van der Waals surface area contributed by atoms with E-state index in [2.05, 4.69) is 32.9 Å². The van der Waals surface area contributed by atoms with Crippen molar-refractivity contribution in [1.29, 1.82) is 0 Å². The van der Waals surface area contributed by atoms with Gasteiger partial charge in [0.2, 0.25) is 0 Å². The first kappa shape index (κ1) is 14.1. The molecule has 0 bridgehead atoms. The van der Waals surface area contributed by atoms with Crippen LogP contribution >= 0.6 is 0 Å². The maximum atomic E-state index is 5.63. The molecule has 21 heavy (non-hydrogen) atoms. The Bertz CT molecular complexity index is 597. The van der Waals surface area contributed by atoms with Crippen LogP contribution in [0.1, 0.15) is 57.8 Å². The van der Waals surface area contributed by atoms with E-state index in [4.69, 9.17) is 14.8 Å². The van der Waals surface area contributed by atoms with Crippen molar-refractivity contribution >= 4 is 0 Å². The number of benzene rings is 1. The van der Waals surface area contributed by atoms with E-state index < -0.39 is 0 Å². The van der Waals surface area contributed by atoms with Crippen molar-refractivity contribution in [2.24, 2.45) is 0 Å². The smallest absolute Gasteiger partial charge is 0.158 e. The highest BCUT2D eigenvalue weighted by molar-refractivity contribution is 5.57. The Labute approximate surface area is 126 Å². The second-order valence-electron chi connectivity index (χ2n) is 5.98. The summed E-state index contributed by atoms with van der Waals surface area (Å²) in [6.07, 6.45) is 3.48. The van der Waals surface area contributed by atoms with Gasteiger partial charge in [0.15, 0.2) is 11.6 Å². The fourth-order valence-corrected chi connectivity index (χ4v) is 2.33. The third-order valence-electron chi connectivity index (χ3n) is 3.66. The molecule has 1 fully saturated rings. The van der Waals surface area contributed by atoms with Crippen LogP contribution in [0.5, 0.6) is 5.75 Å². The zero-order valence-corrected chi connectivity index (χ0v) is 13.0. The van der Waals surface area contributed by atoms with Crippen LogP contribution in [0.15, 0.2) is 24.3 Å². The molecule has 2 aromatic rings. The number of nitrogens with zero attached hydrogens (tertiary/aromatic N) is 3. The number of ether oxygens (including phenoxy) is 1. The number of rotatable bonds is 6. The molecule has 112 valence electrons. The molecule has 0 amide bonds. The maximum Gasteiger partial charge on any atom is 0.158 e. The molecule has 1 aromatic carbocycles. The van der Waals surface area contributed by atoms with E-state index >= 15 is 0 Å². The molecule has 4 nitrogen and oxygen atoms in total. The zero-order valence-electron chi connectivity index (χ0n) is 13.0. The quantitative estimate of drug-likeness (QED) is 0.799. The lowest BCUT2D eigenvalue weighted by molar-refractivity contribution is 0.317. The van der Waals surface area contributed by atoms with Gasteiger partial charge in [0.05, 0.1) is 6.61 Å². The van der Waals surface area contributed by atoms with Crippen LogP contribution in [0, 0.1) is 0 Å². The number of aromatic nitrogens is 3. The minimum atomic E-state index is 0.316. The molecule has 0 atom stereocenters. The first-order chi connectivity index (χ1) is 10.2. The van der Waals surface area contributed by atoms with Gasteiger partial charge in [0, 0.05) is 17.5 Å². The van der Waals surface area contributed by atoms with Crippen LogP contribution in [-0.4, -0.2) is 21.4 Å². The SMILES string of the molecule is CCCOc1ccc(-c2nc(C3CC3)nn2C(C)C)cc1. The maximum absolute atomic E-state index is 5.63. The summed E-state index contributed by atoms with van der Waals surface area (Å²) < 4.78 is 7.67. The zero-order chi connectivity index (χ0) is 14.8. The summed E-state index contributed by atoms with van der Waals surface area (Å²) in [5, 5.41) is 4.69. The fourth-order valence-electron chi connectivity index (χ4n) is 2.33. The Morgan fingerprint density at radius 3 is 2.52 bits per heavy atom. The summed E-state index contributed by atoms with van der Waals surface area (Å²) in [5.41, 5.74) is 1.10. The molecular weight excluding hydrogens is 262 g/mol. The molecule has 0 N–H and O–H groups in total. The lowest BCUT2D eigenvalue weighted by Crippen LogP contribution is -2.05. The van der Waals surface area contributed by atoms with Crippen molar-refractivity contribution in [2.75, 3.05) is 6.61 Å². The van der Waals surface area contributed by atoms with Crippen LogP contribution in [0.4, 0.5) is 0 Å². The molecule has 0 radical (unpaired) electrons. The van der Waals surface area contributed by atoms with Crippen molar-refractivity contribution in [1.82, 2.24) is 14.8 Å². The van der Waals surface area contributed by atoms with Crippen molar-refractivity contribution in [3.05, 3.63) is 30.1 Å². The molecule has 1 aliphatic rings. The van der Waals surface area contributed by atoms with E-state index in [1.807, 2.05) is 16.8 Å². The highest BCUT2D eigenvalue weighted by Gasteiger charge is 2.29. The predicted octanol–water partition coefficient (Wildman–Crippen LogP) is 4.19. The van der Waals surface area contributed by atoms with Crippen LogP contribution in [0.3, 0.4) is 0 Å². The van der Waals surface area contributed by atoms with Gasteiger partial charge in [-0.2, -0.15) is 5.10 Å². The summed E-state index contributed by atoms with van der Waals surface area (Å²) >= 11 is 0. The molecule has 3 rings (SSSR count). The van der Waals surface area contributed by atoms with E-state index in [0.29, 0.717) is 12.0 Å². The van der Waals surface area contributed by atoms with Crippen molar-refractivity contribution in [3.8, 4) is 17.1 Å². The summed E-state index contributed by atoms with van der Waals surface area (Å²) in [5.74, 6) is 3.47. The highest BCUT2D eigenvalue weighted by Crippen LogP contribution is 2.39. The van der Waals surface area contributed by atoms with Gasteiger partial charge in [0.25, 0.3) is 0 Å². The van der Waals surface area contributed by atoms with Gasteiger partial charge in [-0.25, -0.2) is 9.67 Å². The third-order valence-corrected chi connectivity index (χ3v) is 3.66. The van der Waals surface area contributed by atoms with Gasteiger partial charge in [-0.05, 0) is 57.4 Å². The standard InChI is InChI=1S/C17H23N3O/c1-4-11-21-15-9-7-14(8-10-15)17-18-16(13-5-6-13)19-20(17)12(2)3/h7-10,12-13H,4-6,11H2,1-3H3. The summed E-state index contributed by atoms with van der Waals surface area (Å²) in [7, 11) is 0. The van der Waals surface area contributed by atoms with E-state index in [-0.39, 0.29) is 0 Å². The molecule has 1 heterocycles. The van der Waals surface area contributed by atoms with Crippen molar-refractivity contribution in [3.63, 3.8) is 0 Å². The molecule has 4 heteroatoms. The first-order valence-corrected chi connectivity index (χ1v) is 7.88. The summed E-state index contributed by atoms with van der Waals surface area (Å²) in [6.45, 7) is 7.16. The normalized spacial score (nSPS) is 14.7. The molecule has 0 spiro atoms. The molecule has 0 saturated heterocycles. The monoisotopic (exact) mass is 285 g/mol. The van der Waals surface area contributed by atoms with Crippen LogP contribution in [0.25, 0.3) is 11.4 Å². The van der Waals surface area contributed by atoms with Gasteiger partial charge in [-0.3, -0.25) is 0 Å². The van der Waals surface area contributed by atoms with E-state index in [1.165, 1.54) is 12.8 Å². The Hall–Kier alpha value is -1.84. The Morgan fingerprint density at radius 2 is 1.95 bits per heavy atom. The minimum Gasteiger partial charge on any atom is -0.494 e. The Kier molecular flexibility index (Phi) is 3.95. The number of hydrogen-bond acceptors (Lipinski definition) is 3. The molecule has 1 saturated carbocycles. The largest absolute Gasteiger partial charge is 0.494 e. The second-order valence-corrected chi connectivity index (χ2v) is 5.98. The summed E-state index contributed by atoms with van der Waals surface area (Å²) in [4.78, 5) is 4.77. The first-order valence-electron chi connectivity index (χ1n) is 7.88. The molecule has 1 aliphatic carbocycles. The van der Waals surface area contributed by atoms with Gasteiger partial charge >= 0.3 is 0 Å².